The number of sulfonamides is 1. The minimum Gasteiger partial charge on any atom is -0.505 e. The monoisotopic (exact) mass is 375 g/mol. The Morgan fingerprint density at radius 3 is 2.35 bits per heavy atom. The number of hydrogen-bond acceptors (Lipinski definition) is 6. The molecule has 0 bridgehead atoms. The first-order valence-corrected chi connectivity index (χ1v) is 9.10. The van der Waals surface area contributed by atoms with E-state index in [0.717, 1.165) is 11.4 Å². The molecule has 136 valence electrons. The van der Waals surface area contributed by atoms with Crippen LogP contribution in [0.25, 0.3) is 5.76 Å². The molecule has 8 heteroatoms. The lowest BCUT2D eigenvalue weighted by Gasteiger charge is -2.30. The molecule has 2 aromatic rings. The SMILES string of the molecule is COC(=O)C1=C(O)c2ccccc2S(=O)(=O)N1Cc1ccc(OC)cc1. The first kappa shape index (κ1) is 17.8. The van der Waals surface area contributed by atoms with E-state index in [4.69, 9.17) is 9.47 Å². The summed E-state index contributed by atoms with van der Waals surface area (Å²) in [6, 6.07) is 12.7. The van der Waals surface area contributed by atoms with Crippen LogP contribution in [0.2, 0.25) is 0 Å². The molecule has 0 unspecified atom stereocenters. The van der Waals surface area contributed by atoms with Crippen molar-refractivity contribution in [2.45, 2.75) is 11.4 Å². The van der Waals surface area contributed by atoms with E-state index in [1.54, 1.807) is 36.4 Å². The van der Waals surface area contributed by atoms with Gasteiger partial charge in [0.1, 0.15) is 5.75 Å². The van der Waals surface area contributed by atoms with Gasteiger partial charge in [-0.2, -0.15) is 0 Å². The zero-order chi connectivity index (χ0) is 18.9. The lowest BCUT2D eigenvalue weighted by atomic mass is 10.1. The van der Waals surface area contributed by atoms with Crippen LogP contribution in [0.1, 0.15) is 11.1 Å². The number of aliphatic hydroxyl groups excluding tert-OH is 1. The van der Waals surface area contributed by atoms with Crippen molar-refractivity contribution >= 4 is 21.8 Å². The molecule has 0 saturated carbocycles. The van der Waals surface area contributed by atoms with Crippen LogP contribution in [0.3, 0.4) is 0 Å². The van der Waals surface area contributed by atoms with E-state index in [1.165, 1.54) is 19.2 Å². The van der Waals surface area contributed by atoms with Gasteiger partial charge in [0.2, 0.25) is 0 Å². The quantitative estimate of drug-likeness (QED) is 0.825. The highest BCUT2D eigenvalue weighted by Crippen LogP contribution is 2.37. The fraction of sp³-hybridized carbons (Fsp3) is 0.167. The highest BCUT2D eigenvalue weighted by atomic mass is 32.2. The summed E-state index contributed by atoms with van der Waals surface area (Å²) in [7, 11) is -1.40. The van der Waals surface area contributed by atoms with Gasteiger partial charge in [-0.25, -0.2) is 13.2 Å². The minimum atomic E-state index is -4.05. The summed E-state index contributed by atoms with van der Waals surface area (Å²) in [4.78, 5) is 12.1. The molecule has 2 aromatic carbocycles. The number of benzene rings is 2. The summed E-state index contributed by atoms with van der Waals surface area (Å²) in [6.07, 6.45) is 0. The molecular formula is C18H17NO6S. The summed E-state index contributed by atoms with van der Waals surface area (Å²) in [6.45, 7) is -0.144. The maximum absolute atomic E-state index is 13.1. The molecule has 0 aliphatic carbocycles. The van der Waals surface area contributed by atoms with Crippen LogP contribution in [0.5, 0.6) is 5.75 Å². The van der Waals surface area contributed by atoms with E-state index < -0.39 is 27.4 Å². The van der Waals surface area contributed by atoms with Crippen molar-refractivity contribution < 1.29 is 27.8 Å². The van der Waals surface area contributed by atoms with Crippen LogP contribution in [-0.4, -0.2) is 38.0 Å². The average molecular weight is 375 g/mol. The van der Waals surface area contributed by atoms with Crippen LogP contribution < -0.4 is 4.74 Å². The second-order valence-corrected chi connectivity index (χ2v) is 7.38. The first-order chi connectivity index (χ1) is 12.4. The van der Waals surface area contributed by atoms with E-state index in [2.05, 4.69) is 0 Å². The van der Waals surface area contributed by atoms with Crippen molar-refractivity contribution in [2.24, 2.45) is 0 Å². The summed E-state index contributed by atoms with van der Waals surface area (Å²) in [5, 5.41) is 10.5. The third-order valence-corrected chi connectivity index (χ3v) is 5.85. The van der Waals surface area contributed by atoms with E-state index in [9.17, 15) is 18.3 Å². The number of methoxy groups -OCH3 is 2. The van der Waals surface area contributed by atoms with Crippen molar-refractivity contribution in [3.63, 3.8) is 0 Å². The largest absolute Gasteiger partial charge is 0.505 e. The van der Waals surface area contributed by atoms with Gasteiger partial charge in [-0.1, -0.05) is 24.3 Å². The molecule has 0 amide bonds. The average Bonchev–Trinajstić information content (AvgIpc) is 2.66. The molecule has 1 N–H and O–H groups in total. The van der Waals surface area contributed by atoms with Gasteiger partial charge in [-0.15, -0.1) is 0 Å². The molecule has 3 rings (SSSR count). The lowest BCUT2D eigenvalue weighted by Crippen LogP contribution is -2.38. The number of aliphatic hydroxyl groups is 1. The molecule has 1 heterocycles. The van der Waals surface area contributed by atoms with Gasteiger partial charge >= 0.3 is 5.97 Å². The minimum absolute atomic E-state index is 0.0684. The van der Waals surface area contributed by atoms with Gasteiger partial charge < -0.3 is 14.6 Å². The van der Waals surface area contributed by atoms with Gasteiger partial charge in [-0.05, 0) is 29.8 Å². The number of esters is 1. The molecule has 26 heavy (non-hydrogen) atoms. The Hall–Kier alpha value is -3.00. The van der Waals surface area contributed by atoms with Crippen molar-refractivity contribution in [1.82, 2.24) is 4.31 Å². The van der Waals surface area contributed by atoms with Crippen molar-refractivity contribution in [1.29, 1.82) is 0 Å². The Kier molecular flexibility index (Phi) is 4.60. The Bertz CT molecular complexity index is 979. The smallest absolute Gasteiger partial charge is 0.359 e. The highest BCUT2D eigenvalue weighted by Gasteiger charge is 2.40. The Morgan fingerprint density at radius 1 is 1.08 bits per heavy atom. The second kappa shape index (κ2) is 6.72. The van der Waals surface area contributed by atoms with Gasteiger partial charge in [-0.3, -0.25) is 4.31 Å². The summed E-state index contributed by atoms with van der Waals surface area (Å²) >= 11 is 0. The fourth-order valence-electron chi connectivity index (χ4n) is 2.73. The standard InChI is InChI=1S/C18H17NO6S/c1-24-13-9-7-12(8-10-13)11-19-16(18(21)25-2)17(20)14-5-3-4-6-15(14)26(19,22)23/h3-10,20H,11H2,1-2H3. The number of carbonyl (C=O) groups excluding carboxylic acids is 1. The lowest BCUT2D eigenvalue weighted by molar-refractivity contribution is -0.137. The summed E-state index contributed by atoms with van der Waals surface area (Å²) in [5.41, 5.74) is 0.267. The molecule has 0 atom stereocenters. The number of rotatable bonds is 4. The molecule has 0 fully saturated rings. The van der Waals surface area contributed by atoms with Crippen LogP contribution in [0.15, 0.2) is 59.1 Å². The van der Waals surface area contributed by atoms with E-state index in [1.807, 2.05) is 0 Å². The van der Waals surface area contributed by atoms with Gasteiger partial charge in [0, 0.05) is 5.56 Å². The fourth-order valence-corrected chi connectivity index (χ4v) is 4.38. The maximum atomic E-state index is 13.1. The first-order valence-electron chi connectivity index (χ1n) is 7.66. The number of ether oxygens (including phenoxy) is 2. The normalized spacial score (nSPS) is 15.4. The predicted octanol–water partition coefficient (Wildman–Crippen LogP) is 2.30. The van der Waals surface area contributed by atoms with Crippen molar-refractivity contribution in [2.75, 3.05) is 14.2 Å². The van der Waals surface area contributed by atoms with Crippen molar-refractivity contribution in [3.05, 3.63) is 65.4 Å². The molecule has 0 radical (unpaired) electrons. The third kappa shape index (κ3) is 2.88. The summed E-state index contributed by atoms with van der Waals surface area (Å²) < 4.78 is 36.7. The van der Waals surface area contributed by atoms with Gasteiger partial charge in [0.15, 0.2) is 11.5 Å². The number of nitrogens with zero attached hydrogens (tertiary/aromatic N) is 1. The van der Waals surface area contributed by atoms with Crippen LogP contribution in [0, 0.1) is 0 Å². The predicted molar refractivity (Wildman–Crippen MR) is 93.7 cm³/mol. The van der Waals surface area contributed by atoms with E-state index in [-0.39, 0.29) is 17.0 Å². The second-order valence-electron chi connectivity index (χ2n) is 5.54. The zero-order valence-electron chi connectivity index (χ0n) is 14.2. The third-order valence-electron chi connectivity index (χ3n) is 4.05. The molecule has 0 spiro atoms. The van der Waals surface area contributed by atoms with Gasteiger partial charge in [0.05, 0.1) is 25.7 Å². The Morgan fingerprint density at radius 2 is 1.73 bits per heavy atom. The van der Waals surface area contributed by atoms with E-state index in [0.29, 0.717) is 11.3 Å². The molecule has 1 aliphatic rings. The summed E-state index contributed by atoms with van der Waals surface area (Å²) in [5.74, 6) is -0.753. The molecule has 0 saturated heterocycles. The number of fused-ring (bicyclic) bond motifs is 1. The van der Waals surface area contributed by atoms with E-state index >= 15 is 0 Å². The van der Waals surface area contributed by atoms with Crippen LogP contribution in [-0.2, 0) is 26.1 Å². The van der Waals surface area contributed by atoms with Crippen molar-refractivity contribution in [3.8, 4) is 5.75 Å². The maximum Gasteiger partial charge on any atom is 0.359 e. The van der Waals surface area contributed by atoms with Gasteiger partial charge in [0.25, 0.3) is 10.0 Å². The van der Waals surface area contributed by atoms with Crippen LogP contribution in [0.4, 0.5) is 0 Å². The molecule has 0 aromatic heterocycles. The highest BCUT2D eigenvalue weighted by molar-refractivity contribution is 7.89. The molecule has 7 nitrogen and oxygen atoms in total. The Balaban J connectivity index is 2.14. The zero-order valence-corrected chi connectivity index (χ0v) is 15.0. The molecule has 1 aliphatic heterocycles. The Labute approximate surface area is 151 Å². The number of hydrogen-bond donors (Lipinski definition) is 1. The molecular weight excluding hydrogens is 358 g/mol. The number of carbonyl (C=O) groups is 1. The topological polar surface area (TPSA) is 93.1 Å². The van der Waals surface area contributed by atoms with Crippen LogP contribution >= 0.6 is 0 Å².